The van der Waals surface area contributed by atoms with Crippen LogP contribution < -0.4 is 14.2 Å². The number of rotatable bonds is 8. The highest BCUT2D eigenvalue weighted by atomic mass is 32.1. The van der Waals surface area contributed by atoms with E-state index in [9.17, 15) is 5.26 Å². The summed E-state index contributed by atoms with van der Waals surface area (Å²) < 4.78 is 16.6. The Morgan fingerprint density at radius 3 is 2.45 bits per heavy atom. The van der Waals surface area contributed by atoms with Gasteiger partial charge in [-0.1, -0.05) is 36.4 Å². The predicted octanol–water partition coefficient (Wildman–Crippen LogP) is 6.47. The molecule has 0 saturated carbocycles. The number of ether oxygens (including phenoxy) is 3. The molecule has 0 aliphatic carbocycles. The summed E-state index contributed by atoms with van der Waals surface area (Å²) in [6.45, 7) is 0.448. The molecule has 0 aliphatic heterocycles. The van der Waals surface area contributed by atoms with Crippen molar-refractivity contribution >= 4 is 23.0 Å². The van der Waals surface area contributed by atoms with Crippen LogP contribution in [0, 0.1) is 11.3 Å². The number of hydrogen-bond acceptors (Lipinski definition) is 6. The van der Waals surface area contributed by atoms with Crippen molar-refractivity contribution in [1.29, 1.82) is 5.26 Å². The van der Waals surface area contributed by atoms with E-state index in [0.717, 1.165) is 28.1 Å². The molecule has 33 heavy (non-hydrogen) atoms. The SMILES string of the molecule is COc1ccc(-c2csc(/C(C#N)=C\c3ccc(OCc4ccccc4)c(OC)c3)n2)cc1. The summed E-state index contributed by atoms with van der Waals surface area (Å²) >= 11 is 1.44. The van der Waals surface area contributed by atoms with Crippen molar-refractivity contribution in [3.05, 3.63) is 94.3 Å². The van der Waals surface area contributed by atoms with E-state index >= 15 is 0 Å². The van der Waals surface area contributed by atoms with Gasteiger partial charge in [-0.15, -0.1) is 11.3 Å². The molecule has 0 fully saturated rings. The van der Waals surface area contributed by atoms with E-state index in [4.69, 9.17) is 14.2 Å². The fraction of sp³-hybridized carbons (Fsp3) is 0.111. The summed E-state index contributed by atoms with van der Waals surface area (Å²) in [5.41, 5.74) is 4.18. The second kappa shape index (κ2) is 10.5. The van der Waals surface area contributed by atoms with Gasteiger partial charge in [-0.25, -0.2) is 4.98 Å². The Morgan fingerprint density at radius 1 is 0.970 bits per heavy atom. The van der Waals surface area contributed by atoms with Crippen LogP contribution in [-0.2, 0) is 6.61 Å². The zero-order valence-corrected chi connectivity index (χ0v) is 19.1. The van der Waals surface area contributed by atoms with Gasteiger partial charge in [-0.2, -0.15) is 5.26 Å². The first-order valence-corrected chi connectivity index (χ1v) is 11.1. The summed E-state index contributed by atoms with van der Waals surface area (Å²) in [5, 5.41) is 12.4. The van der Waals surface area contributed by atoms with Crippen molar-refractivity contribution in [1.82, 2.24) is 4.98 Å². The number of hydrogen-bond donors (Lipinski definition) is 0. The molecule has 0 bridgehead atoms. The van der Waals surface area contributed by atoms with E-state index in [2.05, 4.69) is 11.1 Å². The number of aromatic nitrogens is 1. The second-order valence-corrected chi connectivity index (χ2v) is 7.98. The number of nitriles is 1. The van der Waals surface area contributed by atoms with Crippen molar-refractivity contribution in [2.45, 2.75) is 6.61 Å². The molecule has 4 aromatic rings. The lowest BCUT2D eigenvalue weighted by Gasteiger charge is -2.11. The molecule has 1 aromatic heterocycles. The molecule has 1 heterocycles. The van der Waals surface area contributed by atoms with Gasteiger partial charge in [-0.05, 0) is 53.6 Å². The fourth-order valence-corrected chi connectivity index (χ4v) is 4.02. The Kier molecular flexibility index (Phi) is 7.03. The topological polar surface area (TPSA) is 64.4 Å². The number of allylic oxidation sites excluding steroid dienone is 1. The Bertz CT molecular complexity index is 1290. The van der Waals surface area contributed by atoms with Crippen LogP contribution in [-0.4, -0.2) is 19.2 Å². The van der Waals surface area contributed by atoms with Crippen molar-refractivity contribution < 1.29 is 14.2 Å². The van der Waals surface area contributed by atoms with Gasteiger partial charge >= 0.3 is 0 Å². The van der Waals surface area contributed by atoms with Crippen LogP contribution >= 0.6 is 11.3 Å². The van der Waals surface area contributed by atoms with Gasteiger partial charge in [-0.3, -0.25) is 0 Å². The standard InChI is InChI=1S/C27H22N2O3S/c1-30-23-11-9-21(10-12-23)24-18-33-27(29-24)22(16-28)14-20-8-13-25(26(15-20)31-2)32-17-19-6-4-3-5-7-19/h3-15,18H,17H2,1-2H3/b22-14-. The van der Waals surface area contributed by atoms with E-state index in [0.29, 0.717) is 28.7 Å². The number of methoxy groups -OCH3 is 2. The maximum atomic E-state index is 9.76. The number of benzene rings is 3. The molecule has 164 valence electrons. The quantitative estimate of drug-likeness (QED) is 0.286. The molecule has 5 nitrogen and oxygen atoms in total. The maximum absolute atomic E-state index is 9.76. The van der Waals surface area contributed by atoms with Crippen LogP contribution in [0.2, 0.25) is 0 Å². The molecular weight excluding hydrogens is 432 g/mol. The third-order valence-corrected chi connectivity index (χ3v) is 5.85. The van der Waals surface area contributed by atoms with Gasteiger partial charge in [0.25, 0.3) is 0 Å². The average Bonchev–Trinajstić information content (AvgIpc) is 3.37. The summed E-state index contributed by atoms with van der Waals surface area (Å²) in [5.74, 6) is 2.04. The van der Waals surface area contributed by atoms with Crippen LogP contribution in [0.4, 0.5) is 0 Å². The van der Waals surface area contributed by atoms with Gasteiger partial charge in [0.2, 0.25) is 0 Å². The molecule has 0 amide bonds. The van der Waals surface area contributed by atoms with Gasteiger partial charge in [0.15, 0.2) is 11.5 Å². The molecule has 0 unspecified atom stereocenters. The van der Waals surface area contributed by atoms with Crippen molar-refractivity contribution in [2.24, 2.45) is 0 Å². The summed E-state index contributed by atoms with van der Waals surface area (Å²) in [4.78, 5) is 4.66. The molecule has 0 N–H and O–H groups in total. The van der Waals surface area contributed by atoms with Gasteiger partial charge in [0.05, 0.1) is 25.5 Å². The highest BCUT2D eigenvalue weighted by molar-refractivity contribution is 7.11. The second-order valence-electron chi connectivity index (χ2n) is 7.12. The minimum absolute atomic E-state index is 0.448. The highest BCUT2D eigenvalue weighted by Crippen LogP contribution is 2.32. The summed E-state index contributed by atoms with van der Waals surface area (Å²) in [6.07, 6.45) is 1.81. The smallest absolute Gasteiger partial charge is 0.161 e. The molecule has 4 rings (SSSR count). The number of nitrogens with zero attached hydrogens (tertiary/aromatic N) is 2. The van der Waals surface area contributed by atoms with E-state index in [1.54, 1.807) is 20.3 Å². The molecule has 0 spiro atoms. The molecule has 0 saturated heterocycles. The first kappa shape index (κ1) is 22.1. The normalized spacial score (nSPS) is 11.0. The first-order chi connectivity index (χ1) is 16.2. The lowest BCUT2D eigenvalue weighted by atomic mass is 10.1. The van der Waals surface area contributed by atoms with Gasteiger partial charge in [0.1, 0.15) is 23.4 Å². The zero-order valence-electron chi connectivity index (χ0n) is 18.3. The van der Waals surface area contributed by atoms with E-state index < -0.39 is 0 Å². The molecule has 0 atom stereocenters. The van der Waals surface area contributed by atoms with Crippen LogP contribution in [0.3, 0.4) is 0 Å². The lowest BCUT2D eigenvalue weighted by molar-refractivity contribution is 0.284. The van der Waals surface area contributed by atoms with E-state index in [1.165, 1.54) is 11.3 Å². The van der Waals surface area contributed by atoms with Crippen molar-refractivity contribution in [3.63, 3.8) is 0 Å². The van der Waals surface area contributed by atoms with Gasteiger partial charge < -0.3 is 14.2 Å². The van der Waals surface area contributed by atoms with Crippen LogP contribution in [0.25, 0.3) is 22.9 Å². The largest absolute Gasteiger partial charge is 0.497 e. The van der Waals surface area contributed by atoms with Crippen molar-refractivity contribution in [2.75, 3.05) is 14.2 Å². The Balaban J connectivity index is 1.54. The molecular formula is C27H22N2O3S. The fourth-order valence-electron chi connectivity index (χ4n) is 3.23. The summed E-state index contributed by atoms with van der Waals surface area (Å²) in [7, 11) is 3.24. The average molecular weight is 455 g/mol. The Labute approximate surface area is 197 Å². The summed E-state index contributed by atoms with van der Waals surface area (Å²) in [6, 6.07) is 25.5. The minimum atomic E-state index is 0.448. The molecule has 0 radical (unpaired) electrons. The molecule has 3 aromatic carbocycles. The van der Waals surface area contributed by atoms with Crippen LogP contribution in [0.5, 0.6) is 17.2 Å². The maximum Gasteiger partial charge on any atom is 0.161 e. The monoisotopic (exact) mass is 454 g/mol. The molecule has 0 aliphatic rings. The van der Waals surface area contributed by atoms with Gasteiger partial charge in [0, 0.05) is 10.9 Å². The lowest BCUT2D eigenvalue weighted by Crippen LogP contribution is -1.97. The predicted molar refractivity (Wildman–Crippen MR) is 131 cm³/mol. The van der Waals surface area contributed by atoms with E-state index in [-0.39, 0.29) is 0 Å². The van der Waals surface area contributed by atoms with Crippen LogP contribution in [0.1, 0.15) is 16.1 Å². The zero-order chi connectivity index (χ0) is 23.0. The van der Waals surface area contributed by atoms with Crippen molar-refractivity contribution in [3.8, 4) is 34.6 Å². The number of thiazole rings is 1. The minimum Gasteiger partial charge on any atom is -0.497 e. The van der Waals surface area contributed by atoms with Crippen LogP contribution in [0.15, 0.2) is 78.2 Å². The Morgan fingerprint density at radius 2 is 1.76 bits per heavy atom. The first-order valence-electron chi connectivity index (χ1n) is 10.3. The Hall–Kier alpha value is -4.08. The third-order valence-electron chi connectivity index (χ3n) is 4.98. The van der Waals surface area contributed by atoms with E-state index in [1.807, 2.05) is 78.2 Å². The highest BCUT2D eigenvalue weighted by Gasteiger charge is 2.11. The molecule has 6 heteroatoms. The third kappa shape index (κ3) is 5.40.